The fourth-order valence-corrected chi connectivity index (χ4v) is 4.56. The molecule has 1 saturated heterocycles. The Hall–Kier alpha value is -2.30. The van der Waals surface area contributed by atoms with Crippen LogP contribution in [-0.2, 0) is 16.1 Å². The Morgan fingerprint density at radius 3 is 2.56 bits per heavy atom. The van der Waals surface area contributed by atoms with E-state index in [4.69, 9.17) is 0 Å². The summed E-state index contributed by atoms with van der Waals surface area (Å²) in [4.78, 5) is 30.4. The van der Waals surface area contributed by atoms with E-state index in [2.05, 4.69) is 34.6 Å². The highest BCUT2D eigenvalue weighted by atomic mass is 16.2. The van der Waals surface area contributed by atoms with Crippen LogP contribution in [0.3, 0.4) is 0 Å². The van der Waals surface area contributed by atoms with E-state index >= 15 is 0 Å². The first kappa shape index (κ1) is 18.1. The van der Waals surface area contributed by atoms with Crippen molar-refractivity contribution >= 4 is 22.7 Å². The third kappa shape index (κ3) is 4.02. The first-order valence-corrected chi connectivity index (χ1v) is 10.2. The van der Waals surface area contributed by atoms with Gasteiger partial charge in [0.1, 0.15) is 0 Å². The molecule has 4 rings (SSSR count). The summed E-state index contributed by atoms with van der Waals surface area (Å²) in [5.41, 5.74) is 3.38. The number of rotatable bonds is 4. The second-order valence-corrected chi connectivity index (χ2v) is 8.17. The number of aromatic nitrogens is 1. The third-order valence-electron chi connectivity index (χ3n) is 6.17. The average Bonchev–Trinajstić information content (AvgIpc) is 3.34. The summed E-state index contributed by atoms with van der Waals surface area (Å²) in [5.74, 6) is 0.702. The molecule has 27 heavy (non-hydrogen) atoms. The molecule has 144 valence electrons. The van der Waals surface area contributed by atoms with Gasteiger partial charge in [-0.3, -0.25) is 9.59 Å². The molecule has 2 amide bonds. The average molecular weight is 367 g/mol. The number of piperidine rings is 1. The lowest BCUT2D eigenvalue weighted by atomic mass is 9.94. The number of fused-ring (bicyclic) bond motifs is 1. The van der Waals surface area contributed by atoms with E-state index in [1.165, 1.54) is 18.2 Å². The molecule has 0 atom stereocenters. The molecule has 2 fully saturated rings. The number of amides is 2. The van der Waals surface area contributed by atoms with Gasteiger partial charge >= 0.3 is 0 Å². The summed E-state index contributed by atoms with van der Waals surface area (Å²) >= 11 is 0. The number of nitrogens with one attached hydrogen (secondary N) is 2. The predicted molar refractivity (Wildman–Crippen MR) is 106 cm³/mol. The standard InChI is InChI=1S/C22H29N3O2/c1-15-12-19-13-16(6-7-20(19)24-15)14-23-21(26)17-8-10-25(11-9-17)22(27)18-4-2-3-5-18/h6-7,12-13,17-18,24H,2-5,8-11,14H2,1H3,(H,23,26). The van der Waals surface area contributed by atoms with Crippen LogP contribution in [0.1, 0.15) is 49.8 Å². The van der Waals surface area contributed by atoms with Gasteiger partial charge in [-0.05, 0) is 61.8 Å². The van der Waals surface area contributed by atoms with Gasteiger partial charge in [-0.2, -0.15) is 0 Å². The number of H-pyrrole nitrogens is 1. The monoisotopic (exact) mass is 367 g/mol. The highest BCUT2D eigenvalue weighted by Crippen LogP contribution is 2.28. The molecule has 0 bridgehead atoms. The fourth-order valence-electron chi connectivity index (χ4n) is 4.56. The van der Waals surface area contributed by atoms with Crippen molar-refractivity contribution in [1.82, 2.24) is 15.2 Å². The second kappa shape index (κ2) is 7.75. The van der Waals surface area contributed by atoms with E-state index in [-0.39, 0.29) is 17.7 Å². The van der Waals surface area contributed by atoms with E-state index in [1.807, 2.05) is 11.8 Å². The first-order valence-electron chi connectivity index (χ1n) is 10.2. The Morgan fingerprint density at radius 1 is 1.07 bits per heavy atom. The van der Waals surface area contributed by atoms with Crippen LogP contribution in [0.25, 0.3) is 10.9 Å². The molecule has 2 aliphatic rings. The Balaban J connectivity index is 1.27. The molecule has 0 spiro atoms. The largest absolute Gasteiger partial charge is 0.359 e. The van der Waals surface area contributed by atoms with Crippen molar-refractivity contribution in [1.29, 1.82) is 0 Å². The van der Waals surface area contributed by atoms with Gasteiger partial charge in [-0.1, -0.05) is 18.9 Å². The van der Waals surface area contributed by atoms with Crippen LogP contribution in [0.2, 0.25) is 0 Å². The SMILES string of the molecule is Cc1cc2cc(CNC(=O)C3CCN(C(=O)C4CCCC4)CC3)ccc2[nH]1. The van der Waals surface area contributed by atoms with E-state index in [0.29, 0.717) is 12.5 Å². The van der Waals surface area contributed by atoms with Gasteiger partial charge in [0.25, 0.3) is 0 Å². The smallest absolute Gasteiger partial charge is 0.225 e. The zero-order chi connectivity index (χ0) is 18.8. The van der Waals surface area contributed by atoms with Gasteiger partial charge in [0, 0.05) is 42.7 Å². The number of hydrogen-bond donors (Lipinski definition) is 2. The first-order chi connectivity index (χ1) is 13.1. The van der Waals surface area contributed by atoms with Crippen molar-refractivity contribution in [2.24, 2.45) is 11.8 Å². The number of hydrogen-bond acceptors (Lipinski definition) is 2. The van der Waals surface area contributed by atoms with Gasteiger partial charge in [0.05, 0.1) is 0 Å². The Bertz CT molecular complexity index is 827. The third-order valence-corrected chi connectivity index (χ3v) is 6.17. The second-order valence-electron chi connectivity index (χ2n) is 8.17. The van der Waals surface area contributed by atoms with E-state index in [1.54, 1.807) is 0 Å². The van der Waals surface area contributed by atoms with Crippen LogP contribution in [-0.4, -0.2) is 34.8 Å². The Labute approximate surface area is 160 Å². The summed E-state index contributed by atoms with van der Waals surface area (Å²) in [6.07, 6.45) is 6.02. The van der Waals surface area contributed by atoms with Crippen molar-refractivity contribution in [3.8, 4) is 0 Å². The molecule has 2 N–H and O–H groups in total. The van der Waals surface area contributed by atoms with E-state index in [0.717, 1.165) is 55.5 Å². The summed E-state index contributed by atoms with van der Waals surface area (Å²) in [5, 5.41) is 4.27. The molecule has 1 aromatic heterocycles. The topological polar surface area (TPSA) is 65.2 Å². The van der Waals surface area contributed by atoms with Crippen LogP contribution in [0.4, 0.5) is 0 Å². The summed E-state index contributed by atoms with van der Waals surface area (Å²) in [6.45, 7) is 4.05. The predicted octanol–water partition coefficient (Wildman–Crippen LogP) is 3.52. The zero-order valence-electron chi connectivity index (χ0n) is 16.1. The van der Waals surface area contributed by atoms with Crippen molar-refractivity contribution in [2.75, 3.05) is 13.1 Å². The zero-order valence-corrected chi connectivity index (χ0v) is 16.1. The van der Waals surface area contributed by atoms with E-state index < -0.39 is 0 Å². The summed E-state index contributed by atoms with van der Waals surface area (Å²) in [6, 6.07) is 8.37. The minimum atomic E-state index is 0.0239. The lowest BCUT2D eigenvalue weighted by Crippen LogP contribution is -2.44. The highest BCUT2D eigenvalue weighted by molar-refractivity contribution is 5.82. The molecule has 2 heterocycles. The number of nitrogens with zero attached hydrogens (tertiary/aromatic N) is 1. The van der Waals surface area contributed by atoms with Gasteiger partial charge in [-0.25, -0.2) is 0 Å². The molecule has 1 aliphatic heterocycles. The molecule has 1 aromatic carbocycles. The molecule has 5 nitrogen and oxygen atoms in total. The number of carbonyl (C=O) groups excluding carboxylic acids is 2. The van der Waals surface area contributed by atoms with Crippen molar-refractivity contribution in [3.63, 3.8) is 0 Å². The molecule has 0 radical (unpaired) electrons. The molecule has 1 saturated carbocycles. The van der Waals surface area contributed by atoms with Crippen molar-refractivity contribution in [3.05, 3.63) is 35.5 Å². The molecule has 1 aliphatic carbocycles. The minimum Gasteiger partial charge on any atom is -0.359 e. The van der Waals surface area contributed by atoms with Gasteiger partial charge < -0.3 is 15.2 Å². The fraction of sp³-hybridized carbons (Fsp3) is 0.545. The number of carbonyl (C=O) groups is 2. The summed E-state index contributed by atoms with van der Waals surface area (Å²) < 4.78 is 0. The van der Waals surface area contributed by atoms with Crippen LogP contribution in [0, 0.1) is 18.8 Å². The molecule has 2 aromatic rings. The summed E-state index contributed by atoms with van der Waals surface area (Å²) in [7, 11) is 0. The Morgan fingerprint density at radius 2 is 1.81 bits per heavy atom. The molecular weight excluding hydrogens is 338 g/mol. The number of likely N-dealkylation sites (tertiary alicyclic amines) is 1. The maximum atomic E-state index is 12.6. The molecule has 0 unspecified atom stereocenters. The van der Waals surface area contributed by atoms with E-state index in [9.17, 15) is 9.59 Å². The van der Waals surface area contributed by atoms with Crippen molar-refractivity contribution < 1.29 is 9.59 Å². The van der Waals surface area contributed by atoms with Crippen LogP contribution >= 0.6 is 0 Å². The number of benzene rings is 1. The minimum absolute atomic E-state index is 0.0239. The van der Waals surface area contributed by atoms with Gasteiger partial charge in [0.15, 0.2) is 0 Å². The van der Waals surface area contributed by atoms with Crippen molar-refractivity contribution in [2.45, 2.75) is 52.0 Å². The van der Waals surface area contributed by atoms with Crippen LogP contribution in [0.5, 0.6) is 0 Å². The molecule has 5 heteroatoms. The lowest BCUT2D eigenvalue weighted by molar-refractivity contribution is -0.139. The quantitative estimate of drug-likeness (QED) is 0.868. The molecular formula is C22H29N3O2. The number of aryl methyl sites for hydroxylation is 1. The maximum Gasteiger partial charge on any atom is 0.225 e. The maximum absolute atomic E-state index is 12.6. The lowest BCUT2D eigenvalue weighted by Gasteiger charge is -2.33. The number of aromatic amines is 1. The van der Waals surface area contributed by atoms with Crippen LogP contribution in [0.15, 0.2) is 24.3 Å². The van der Waals surface area contributed by atoms with Crippen LogP contribution < -0.4 is 5.32 Å². The van der Waals surface area contributed by atoms with Gasteiger partial charge in [0.2, 0.25) is 11.8 Å². The highest BCUT2D eigenvalue weighted by Gasteiger charge is 2.31. The van der Waals surface area contributed by atoms with Gasteiger partial charge in [-0.15, -0.1) is 0 Å². The normalized spacial score (nSPS) is 18.9. The Kier molecular flexibility index (Phi) is 5.19.